The molecule has 0 fully saturated rings. The van der Waals surface area contributed by atoms with Gasteiger partial charge in [0.15, 0.2) is 5.52 Å². The van der Waals surface area contributed by atoms with Gasteiger partial charge in [-0.05, 0) is 12.8 Å². The molecule has 0 rings (SSSR count). The van der Waals surface area contributed by atoms with Crippen LogP contribution < -0.4 is 0 Å². The van der Waals surface area contributed by atoms with Crippen LogP contribution in [0.4, 0.5) is 0 Å². The van der Waals surface area contributed by atoms with Crippen LogP contribution in [0.2, 0.25) is 0 Å². The van der Waals surface area contributed by atoms with Crippen LogP contribution in [-0.4, -0.2) is 50.1 Å². The van der Waals surface area contributed by atoms with Crippen molar-refractivity contribution in [1.29, 1.82) is 0 Å². The molecule has 0 aromatic carbocycles. The number of hydrogen-bond acceptors (Lipinski definition) is 3. The number of Topliss-reactive ketones (excluding diaryl/α,β-unsaturated/α-hetero) is 1. The van der Waals surface area contributed by atoms with E-state index in [9.17, 15) is 9.59 Å². The summed E-state index contributed by atoms with van der Waals surface area (Å²) in [5, 5.41) is 0. The van der Waals surface area contributed by atoms with Gasteiger partial charge in [0.25, 0.3) is 0 Å². The van der Waals surface area contributed by atoms with Gasteiger partial charge in [-0.1, -0.05) is 181 Å². The van der Waals surface area contributed by atoms with Crippen molar-refractivity contribution in [1.82, 2.24) is 0 Å². The second-order valence-electron chi connectivity index (χ2n) is 14.7. The Kier molecular flexibility index (Phi) is 32.4. The number of carbonyl (C=O) groups excluding carboxylic acids is 2. The highest BCUT2D eigenvalue weighted by atomic mass is 31.1. The molecule has 2 unspecified atom stereocenters. The monoisotopic (exact) mass is 641 g/mol. The predicted octanol–water partition coefficient (Wildman–Crippen LogP) is 12.4. The fourth-order valence-corrected chi connectivity index (χ4v) is 6.77. The van der Waals surface area contributed by atoms with Gasteiger partial charge in [-0.15, -0.1) is 0 Å². The number of hydrogen-bond donors (Lipinski definition) is 0. The van der Waals surface area contributed by atoms with E-state index < -0.39 is 5.92 Å². The molecule has 2 atom stereocenters. The molecule has 0 amide bonds. The Morgan fingerprint density at radius 2 is 0.864 bits per heavy atom. The van der Waals surface area contributed by atoms with Gasteiger partial charge in [0.1, 0.15) is 18.9 Å². The lowest BCUT2D eigenvalue weighted by Crippen LogP contribution is -2.37. The third-order valence-electron chi connectivity index (χ3n) is 9.12. The van der Waals surface area contributed by atoms with E-state index >= 15 is 0 Å². The van der Waals surface area contributed by atoms with Gasteiger partial charge >= 0.3 is 0 Å². The van der Waals surface area contributed by atoms with Crippen LogP contribution in [0, 0.1) is 5.92 Å². The largest absolute Gasteiger partial charge is 0.349 e. The highest BCUT2D eigenvalue weighted by Crippen LogP contribution is 2.27. The van der Waals surface area contributed by atoms with Crippen molar-refractivity contribution in [2.24, 2.45) is 5.92 Å². The van der Waals surface area contributed by atoms with Gasteiger partial charge in [-0.3, -0.25) is 9.59 Å². The minimum Gasteiger partial charge on any atom is -0.349 e. The SMILES string of the molecule is CCCCCCCCCCCCCCCCC(C(=O)CCCCCCCCCCCCCCC)C(=O)POCC[N+](C)(C)C. The summed E-state index contributed by atoms with van der Waals surface area (Å²) in [4.78, 5) is 26.2. The van der Waals surface area contributed by atoms with Gasteiger partial charge in [0.05, 0.1) is 35.9 Å². The minimum absolute atomic E-state index is 0.0424. The van der Waals surface area contributed by atoms with E-state index in [1.807, 2.05) is 0 Å². The van der Waals surface area contributed by atoms with Crippen molar-refractivity contribution >= 4 is 20.1 Å². The van der Waals surface area contributed by atoms with E-state index in [4.69, 9.17) is 4.52 Å². The number of nitrogens with zero attached hydrogens (tertiary/aromatic N) is 1. The molecule has 0 aliphatic rings. The molecule has 0 saturated heterocycles. The lowest BCUT2D eigenvalue weighted by molar-refractivity contribution is -0.870. The molecule has 0 radical (unpaired) electrons. The van der Waals surface area contributed by atoms with Gasteiger partial charge in [0, 0.05) is 6.42 Å². The maximum Gasteiger partial charge on any atom is 0.189 e. The summed E-state index contributed by atoms with van der Waals surface area (Å²) in [5.41, 5.74) is 0.0424. The smallest absolute Gasteiger partial charge is 0.189 e. The number of carbonyl (C=O) groups is 2. The van der Waals surface area contributed by atoms with Crippen molar-refractivity contribution < 1.29 is 18.6 Å². The average molecular weight is 641 g/mol. The van der Waals surface area contributed by atoms with E-state index in [0.29, 0.717) is 13.0 Å². The summed E-state index contributed by atoms with van der Waals surface area (Å²) >= 11 is 0. The first-order chi connectivity index (χ1) is 21.3. The van der Waals surface area contributed by atoms with Crippen LogP contribution >= 0.6 is 8.81 Å². The van der Waals surface area contributed by atoms with Crippen molar-refractivity contribution in [2.45, 2.75) is 200 Å². The topological polar surface area (TPSA) is 43.4 Å². The Labute approximate surface area is 278 Å². The standard InChI is InChI=1S/C39H79NO3P/c1-6-8-10-12-14-16-18-20-22-23-25-27-29-31-33-37(39(42)44-43-36-35-40(3,4)5)38(41)34-32-30-28-26-24-21-19-17-15-13-11-9-7-2/h37,44H,6-36H2,1-5H3/q+1. The van der Waals surface area contributed by atoms with Gasteiger partial charge in [-0.2, -0.15) is 0 Å². The first-order valence-electron chi connectivity index (χ1n) is 19.6. The molecule has 44 heavy (non-hydrogen) atoms. The zero-order chi connectivity index (χ0) is 32.6. The maximum absolute atomic E-state index is 13.2. The fraction of sp³-hybridized carbons (Fsp3) is 0.949. The molecule has 5 heteroatoms. The van der Waals surface area contributed by atoms with Crippen LogP contribution in [0.3, 0.4) is 0 Å². The van der Waals surface area contributed by atoms with E-state index in [0.717, 1.165) is 43.1 Å². The molecule has 0 aliphatic heterocycles. The lowest BCUT2D eigenvalue weighted by Gasteiger charge is -2.23. The molecule has 262 valence electrons. The highest BCUT2D eigenvalue weighted by Gasteiger charge is 2.26. The molecular formula is C39H79NO3P+. The number of rotatable bonds is 36. The van der Waals surface area contributed by atoms with Crippen molar-refractivity contribution in [3.05, 3.63) is 0 Å². The fourth-order valence-electron chi connectivity index (χ4n) is 5.99. The zero-order valence-electron chi connectivity index (χ0n) is 30.7. The Bertz CT molecular complexity index is 633. The van der Waals surface area contributed by atoms with Crippen LogP contribution in [0.5, 0.6) is 0 Å². The molecule has 0 N–H and O–H groups in total. The summed E-state index contributed by atoms with van der Waals surface area (Å²) in [5.74, 6) is -0.261. The zero-order valence-corrected chi connectivity index (χ0v) is 31.7. The molecular weight excluding hydrogens is 561 g/mol. The van der Waals surface area contributed by atoms with Crippen molar-refractivity contribution in [2.75, 3.05) is 34.3 Å². The highest BCUT2D eigenvalue weighted by molar-refractivity contribution is 7.53. The second kappa shape index (κ2) is 32.6. The molecule has 0 saturated carbocycles. The van der Waals surface area contributed by atoms with E-state index in [-0.39, 0.29) is 20.1 Å². The molecule has 0 bridgehead atoms. The predicted molar refractivity (Wildman–Crippen MR) is 196 cm³/mol. The van der Waals surface area contributed by atoms with Crippen molar-refractivity contribution in [3.63, 3.8) is 0 Å². The summed E-state index contributed by atoms with van der Waals surface area (Å²) in [7, 11) is 6.20. The first-order valence-corrected chi connectivity index (χ1v) is 20.5. The van der Waals surface area contributed by atoms with Crippen LogP contribution in [-0.2, 0) is 14.1 Å². The van der Waals surface area contributed by atoms with E-state index in [1.54, 1.807) is 0 Å². The summed E-state index contributed by atoms with van der Waals surface area (Å²) in [6.07, 6.45) is 36.7. The first kappa shape index (κ1) is 43.7. The Hall–Kier alpha value is -0.310. The third kappa shape index (κ3) is 31.7. The average Bonchev–Trinajstić information content (AvgIpc) is 2.99. The summed E-state index contributed by atoms with van der Waals surface area (Å²) < 4.78 is 6.58. The third-order valence-corrected chi connectivity index (χ3v) is 10.0. The maximum atomic E-state index is 13.2. The Morgan fingerprint density at radius 1 is 0.523 bits per heavy atom. The number of ketones is 1. The summed E-state index contributed by atoms with van der Waals surface area (Å²) in [6.45, 7) is 6.01. The lowest BCUT2D eigenvalue weighted by atomic mass is 9.93. The van der Waals surface area contributed by atoms with E-state index in [1.165, 1.54) is 148 Å². The normalized spacial score (nSPS) is 12.8. The van der Waals surface area contributed by atoms with E-state index in [2.05, 4.69) is 35.0 Å². The molecule has 0 aromatic rings. The van der Waals surface area contributed by atoms with Gasteiger partial charge in [-0.25, -0.2) is 0 Å². The van der Waals surface area contributed by atoms with Crippen LogP contribution in [0.25, 0.3) is 0 Å². The quantitative estimate of drug-likeness (QED) is 0.0296. The Balaban J connectivity index is 4.15. The summed E-state index contributed by atoms with van der Waals surface area (Å²) in [6, 6.07) is 0. The second-order valence-corrected chi connectivity index (χ2v) is 15.7. The molecule has 0 aliphatic carbocycles. The molecule has 0 aromatic heterocycles. The Morgan fingerprint density at radius 3 is 1.23 bits per heavy atom. The number of unbranched alkanes of at least 4 members (excludes halogenated alkanes) is 25. The molecule has 0 spiro atoms. The molecule has 4 nitrogen and oxygen atoms in total. The number of quaternary nitrogens is 1. The minimum atomic E-state index is -0.438. The van der Waals surface area contributed by atoms with Crippen molar-refractivity contribution in [3.8, 4) is 0 Å². The van der Waals surface area contributed by atoms with Crippen LogP contribution in [0.15, 0.2) is 0 Å². The number of likely N-dealkylation sites (N-methyl/N-ethyl adjacent to an activating group) is 1. The van der Waals surface area contributed by atoms with Gasteiger partial charge in [0.2, 0.25) is 0 Å². The van der Waals surface area contributed by atoms with Gasteiger partial charge < -0.3 is 9.01 Å². The van der Waals surface area contributed by atoms with Crippen LogP contribution in [0.1, 0.15) is 200 Å². The molecule has 0 heterocycles.